The first kappa shape index (κ1) is 15.1. The lowest BCUT2D eigenvalue weighted by Gasteiger charge is -2.36. The molecular formula is C19H25N3. The van der Waals surface area contributed by atoms with Crippen molar-refractivity contribution in [3.05, 3.63) is 65.7 Å². The summed E-state index contributed by atoms with van der Waals surface area (Å²) < 4.78 is 0. The van der Waals surface area contributed by atoms with Crippen molar-refractivity contribution in [2.45, 2.75) is 19.5 Å². The molecule has 0 saturated carbocycles. The summed E-state index contributed by atoms with van der Waals surface area (Å²) in [5.74, 6) is 0. The van der Waals surface area contributed by atoms with Gasteiger partial charge in [0.15, 0.2) is 0 Å². The Morgan fingerprint density at radius 2 is 1.55 bits per heavy atom. The number of benzene rings is 2. The summed E-state index contributed by atoms with van der Waals surface area (Å²) in [5, 5.41) is 0. The molecule has 1 atom stereocenters. The number of hydrogen-bond acceptors (Lipinski definition) is 3. The second kappa shape index (κ2) is 6.95. The van der Waals surface area contributed by atoms with E-state index in [4.69, 9.17) is 5.73 Å². The van der Waals surface area contributed by atoms with Gasteiger partial charge in [0, 0.05) is 44.5 Å². The number of nitrogens with two attached hydrogens (primary N) is 1. The molecule has 0 spiro atoms. The fourth-order valence-corrected chi connectivity index (χ4v) is 2.99. The zero-order chi connectivity index (χ0) is 15.4. The zero-order valence-corrected chi connectivity index (χ0v) is 13.3. The number of hydrogen-bond donors (Lipinski definition) is 1. The van der Waals surface area contributed by atoms with Crippen molar-refractivity contribution in [3.63, 3.8) is 0 Å². The largest absolute Gasteiger partial charge is 0.369 e. The van der Waals surface area contributed by atoms with E-state index in [1.54, 1.807) is 0 Å². The van der Waals surface area contributed by atoms with Gasteiger partial charge < -0.3 is 10.6 Å². The summed E-state index contributed by atoms with van der Waals surface area (Å²) in [6.45, 7) is 7.48. The molecule has 0 radical (unpaired) electrons. The minimum Gasteiger partial charge on any atom is -0.369 e. The van der Waals surface area contributed by atoms with E-state index < -0.39 is 0 Å². The van der Waals surface area contributed by atoms with E-state index in [0.29, 0.717) is 0 Å². The molecule has 2 aromatic rings. The number of anilines is 1. The van der Waals surface area contributed by atoms with Crippen LogP contribution in [0.4, 0.5) is 5.69 Å². The van der Waals surface area contributed by atoms with E-state index in [2.05, 4.69) is 64.4 Å². The monoisotopic (exact) mass is 295 g/mol. The second-order valence-corrected chi connectivity index (χ2v) is 6.13. The number of nitrogens with zero attached hydrogens (tertiary/aromatic N) is 2. The first-order chi connectivity index (χ1) is 10.7. The van der Waals surface area contributed by atoms with Gasteiger partial charge in [-0.1, -0.05) is 42.5 Å². The maximum atomic E-state index is 5.91. The highest BCUT2D eigenvalue weighted by Crippen LogP contribution is 2.20. The normalized spacial score (nSPS) is 17.5. The molecular weight excluding hydrogens is 270 g/mol. The molecule has 22 heavy (non-hydrogen) atoms. The van der Waals surface area contributed by atoms with Gasteiger partial charge >= 0.3 is 0 Å². The Balaban J connectivity index is 1.55. The predicted molar refractivity (Wildman–Crippen MR) is 93.0 cm³/mol. The van der Waals surface area contributed by atoms with Gasteiger partial charge in [0.2, 0.25) is 0 Å². The molecule has 0 amide bonds. The van der Waals surface area contributed by atoms with Gasteiger partial charge in [-0.25, -0.2) is 0 Å². The molecule has 3 heteroatoms. The molecule has 2 N–H and O–H groups in total. The third kappa shape index (κ3) is 3.67. The maximum Gasteiger partial charge on any atom is 0.0367 e. The van der Waals surface area contributed by atoms with Gasteiger partial charge in [-0.15, -0.1) is 0 Å². The molecule has 1 saturated heterocycles. The highest BCUT2D eigenvalue weighted by molar-refractivity contribution is 5.48. The lowest BCUT2D eigenvalue weighted by atomic mass is 10.1. The van der Waals surface area contributed by atoms with Crippen molar-refractivity contribution >= 4 is 5.69 Å². The summed E-state index contributed by atoms with van der Waals surface area (Å²) in [5.41, 5.74) is 9.82. The highest BCUT2D eigenvalue weighted by atomic mass is 15.3. The lowest BCUT2D eigenvalue weighted by molar-refractivity contribution is 0.250. The summed E-state index contributed by atoms with van der Waals surface area (Å²) in [7, 11) is 0. The average molecular weight is 295 g/mol. The number of piperazine rings is 1. The van der Waals surface area contributed by atoms with Gasteiger partial charge in [0.25, 0.3) is 0 Å². The van der Waals surface area contributed by atoms with Crippen LogP contribution in [0.25, 0.3) is 0 Å². The van der Waals surface area contributed by atoms with Crippen LogP contribution < -0.4 is 10.6 Å². The Morgan fingerprint density at radius 3 is 2.14 bits per heavy atom. The minimum absolute atomic E-state index is 0.108. The minimum atomic E-state index is 0.108. The lowest BCUT2D eigenvalue weighted by Crippen LogP contribution is -2.45. The van der Waals surface area contributed by atoms with Crippen molar-refractivity contribution in [2.24, 2.45) is 5.73 Å². The standard InChI is InChI=1S/C19H25N3/c1-16(20)18-7-9-19(10-8-18)22-13-11-21(12-14-22)15-17-5-3-2-4-6-17/h2-10,16H,11-15,20H2,1H3/t16-/m0/s1. The Hall–Kier alpha value is -1.84. The van der Waals surface area contributed by atoms with Gasteiger partial charge in [0.05, 0.1) is 0 Å². The SMILES string of the molecule is C[C@H](N)c1ccc(N2CCN(Cc3ccccc3)CC2)cc1. The Morgan fingerprint density at radius 1 is 0.909 bits per heavy atom. The Bertz CT molecular complexity index is 569. The second-order valence-electron chi connectivity index (χ2n) is 6.13. The van der Waals surface area contributed by atoms with E-state index in [9.17, 15) is 0 Å². The zero-order valence-electron chi connectivity index (χ0n) is 13.3. The van der Waals surface area contributed by atoms with Gasteiger partial charge in [-0.2, -0.15) is 0 Å². The van der Waals surface area contributed by atoms with Crippen LogP contribution in [-0.4, -0.2) is 31.1 Å². The maximum absolute atomic E-state index is 5.91. The topological polar surface area (TPSA) is 32.5 Å². The molecule has 0 aromatic heterocycles. The molecule has 0 unspecified atom stereocenters. The molecule has 0 aliphatic carbocycles. The first-order valence-electron chi connectivity index (χ1n) is 8.09. The van der Waals surface area contributed by atoms with Crippen LogP contribution in [0, 0.1) is 0 Å². The van der Waals surface area contributed by atoms with Crippen LogP contribution in [0.3, 0.4) is 0 Å². The van der Waals surface area contributed by atoms with Crippen LogP contribution >= 0.6 is 0 Å². The fraction of sp³-hybridized carbons (Fsp3) is 0.368. The molecule has 3 nitrogen and oxygen atoms in total. The molecule has 3 rings (SSSR count). The summed E-state index contributed by atoms with van der Waals surface area (Å²) in [4.78, 5) is 4.99. The van der Waals surface area contributed by atoms with E-state index in [0.717, 1.165) is 32.7 Å². The van der Waals surface area contributed by atoms with E-state index in [1.165, 1.54) is 16.8 Å². The smallest absolute Gasteiger partial charge is 0.0367 e. The van der Waals surface area contributed by atoms with Crippen molar-refractivity contribution in [1.29, 1.82) is 0 Å². The first-order valence-corrected chi connectivity index (χ1v) is 8.09. The van der Waals surface area contributed by atoms with Crippen LogP contribution in [0.1, 0.15) is 24.1 Å². The van der Waals surface area contributed by atoms with Crippen LogP contribution in [-0.2, 0) is 6.54 Å². The summed E-state index contributed by atoms with van der Waals surface area (Å²) >= 11 is 0. The third-order valence-corrected chi connectivity index (χ3v) is 4.41. The van der Waals surface area contributed by atoms with Gasteiger partial charge in [-0.3, -0.25) is 4.90 Å². The summed E-state index contributed by atoms with van der Waals surface area (Å²) in [6.07, 6.45) is 0. The Kier molecular flexibility index (Phi) is 4.76. The fourth-order valence-electron chi connectivity index (χ4n) is 2.99. The average Bonchev–Trinajstić information content (AvgIpc) is 2.57. The quantitative estimate of drug-likeness (QED) is 0.941. The van der Waals surface area contributed by atoms with Crippen molar-refractivity contribution < 1.29 is 0 Å². The molecule has 1 heterocycles. The Labute approximate surface area is 133 Å². The van der Waals surface area contributed by atoms with Gasteiger partial charge in [0.1, 0.15) is 0 Å². The number of rotatable bonds is 4. The van der Waals surface area contributed by atoms with E-state index in [-0.39, 0.29) is 6.04 Å². The molecule has 0 bridgehead atoms. The van der Waals surface area contributed by atoms with E-state index >= 15 is 0 Å². The van der Waals surface area contributed by atoms with Crippen LogP contribution in [0.2, 0.25) is 0 Å². The third-order valence-electron chi connectivity index (χ3n) is 4.41. The molecule has 1 aliphatic heterocycles. The molecule has 1 fully saturated rings. The van der Waals surface area contributed by atoms with E-state index in [1.807, 2.05) is 6.92 Å². The predicted octanol–water partition coefficient (Wildman–Crippen LogP) is 3.03. The molecule has 116 valence electrons. The van der Waals surface area contributed by atoms with Crippen molar-refractivity contribution in [1.82, 2.24) is 4.90 Å². The molecule has 1 aliphatic rings. The van der Waals surface area contributed by atoms with Gasteiger partial charge in [-0.05, 0) is 30.2 Å². The summed E-state index contributed by atoms with van der Waals surface area (Å²) in [6, 6.07) is 19.5. The van der Waals surface area contributed by atoms with Crippen LogP contribution in [0.5, 0.6) is 0 Å². The van der Waals surface area contributed by atoms with Crippen molar-refractivity contribution in [3.8, 4) is 0 Å². The molecule has 2 aromatic carbocycles. The highest BCUT2D eigenvalue weighted by Gasteiger charge is 2.17. The van der Waals surface area contributed by atoms with Crippen molar-refractivity contribution in [2.75, 3.05) is 31.1 Å². The van der Waals surface area contributed by atoms with Crippen LogP contribution in [0.15, 0.2) is 54.6 Å².